The van der Waals surface area contributed by atoms with Gasteiger partial charge in [0.05, 0.1) is 96.5 Å². The van der Waals surface area contributed by atoms with E-state index in [1.165, 1.54) is 129 Å². The van der Waals surface area contributed by atoms with Crippen molar-refractivity contribution in [2.24, 2.45) is 17.8 Å². The molecule has 4 amide bonds. The highest BCUT2D eigenvalue weighted by atomic mass is 32.2. The Morgan fingerprint density at radius 2 is 0.738 bits per heavy atom. The Labute approximate surface area is 839 Å². The van der Waals surface area contributed by atoms with Gasteiger partial charge in [-0.3, -0.25) is 24.3 Å². The number of hydrogen-bond acceptors (Lipinski definition) is 33. The van der Waals surface area contributed by atoms with Gasteiger partial charge in [-0.05, 0) is 230 Å². The highest BCUT2D eigenvalue weighted by Gasteiger charge is 2.38. The van der Waals surface area contributed by atoms with Gasteiger partial charge < -0.3 is 60.5 Å². The fourth-order valence-electron chi connectivity index (χ4n) is 16.5. The number of ether oxygens (including phenoxy) is 5. The van der Waals surface area contributed by atoms with E-state index in [0.717, 1.165) is 51.4 Å². The molecular weight excluding hydrogens is 1950 g/mol. The molecule has 0 saturated carbocycles. The molecule has 11 N–H and O–H groups in total. The van der Waals surface area contributed by atoms with Crippen molar-refractivity contribution in [3.8, 4) is 68.3 Å². The van der Waals surface area contributed by atoms with Gasteiger partial charge in [0.2, 0.25) is 5.88 Å². The number of pyridine rings is 8. The molecule has 45 heteroatoms. The molecule has 768 valence electrons. The van der Waals surface area contributed by atoms with Crippen molar-refractivity contribution in [3.63, 3.8) is 0 Å². The van der Waals surface area contributed by atoms with Crippen LogP contribution in [0.5, 0.6) is 23.1 Å². The summed E-state index contributed by atoms with van der Waals surface area (Å²) in [6.07, 6.45) is 8.39. The van der Waals surface area contributed by atoms with E-state index >= 15 is 0 Å². The predicted octanol–water partition coefficient (Wildman–Crippen LogP) is 14.0. The molecule has 4 aliphatic rings. The molecule has 9 aromatic heterocycles. The van der Waals surface area contributed by atoms with Crippen LogP contribution in [0.1, 0.15) is 162 Å². The minimum atomic E-state index is -4.31. The van der Waals surface area contributed by atoms with Gasteiger partial charge >= 0.3 is 0 Å². The molecular formula is C100H116F3N21O17S4. The minimum Gasteiger partial charge on any atom is -0.493 e. The molecule has 4 saturated heterocycles. The first-order chi connectivity index (χ1) is 68.9. The van der Waals surface area contributed by atoms with Gasteiger partial charge in [0.25, 0.3) is 63.7 Å². The minimum absolute atomic E-state index is 0.00310. The summed E-state index contributed by atoms with van der Waals surface area (Å²) in [6.45, 7) is 23.7. The lowest BCUT2D eigenvalue weighted by molar-refractivity contribution is 0.0972. The van der Waals surface area contributed by atoms with Crippen LogP contribution in [0.4, 0.5) is 53.9 Å². The molecule has 4 aliphatic heterocycles. The molecule has 16 rings (SSSR count). The quantitative estimate of drug-likeness (QED) is 0.0194. The standard InChI is InChI=1S/C27H32FN5O5S.C26H30FN5O4S.C24H28FN5O4S.C23H26N6O4S/c1-17(2)15-38-21-13-18(12-19(28)14-21)23-10-9-22(26(30-23)33-11-5-6-20(33)16-37-3)27(34)32-39(35,36)25-8-4-7-24(29)31-25;1-16(2)15-36-20-13-18(12-19(27)14-20)22-10-9-21(25(29-22)32-11-5-6-17(32)3)26(33)31-37(34,35)24-8-4-7-23(28)30-24;1-15(2)14-34-19-12-17(11-18(25)13-19)21-7-6-20(23(27-21)30-10-4-5-16(30)3)24(31)29-35(32,33)22-8-9-26-28-22;1-14-10-11-15(2)29(14)22-16(12-13-18(26-22)17-6-4-8-20(25-17)33-3)23(30)28-34(31,32)21-9-5-7-19(24)27-21/h4,7-10,12-14,17,20H,5-6,11,15-16H2,1-3H3,(H2,29,31)(H,32,34);4,7-10,12-14,16-17H,5-6,11,15H2,1-3H3,(H2,28,30)(H,31,33);6-9,11-13,15-16H,4-5,10,14H2,1-3H3,(H,26,28)(H,29,31);4-9,12-15H,10-11H2,1-3H3,(H2,24,27)(H,28,30)/t20-;;;14-,15+/m1.../s1. The number of carbonyl (C=O) groups excluding carboxylic acids is 4. The first-order valence-electron chi connectivity index (χ1n) is 46.8. The Kier molecular flexibility index (Phi) is 35.0. The third kappa shape index (κ3) is 27.6. The number of nitrogens with zero attached hydrogens (tertiary/aromatic N) is 13. The number of nitrogens with two attached hydrogens (primary N) is 3. The zero-order valence-corrected chi connectivity index (χ0v) is 85.1. The summed E-state index contributed by atoms with van der Waals surface area (Å²) >= 11 is 0. The maximum atomic E-state index is 14.5. The summed E-state index contributed by atoms with van der Waals surface area (Å²) in [4.78, 5) is 95.5. The van der Waals surface area contributed by atoms with Crippen molar-refractivity contribution in [2.75, 3.05) is 97.1 Å². The largest absolute Gasteiger partial charge is 0.493 e. The van der Waals surface area contributed by atoms with Crippen molar-refractivity contribution >= 4 is 104 Å². The molecule has 0 aliphatic carbocycles. The zero-order chi connectivity index (χ0) is 105. The summed E-state index contributed by atoms with van der Waals surface area (Å²) in [5.41, 5.74) is 21.0. The molecule has 3 aromatic carbocycles. The lowest BCUT2D eigenvalue weighted by Crippen LogP contribution is -2.37. The number of hydrogen-bond donors (Lipinski definition) is 8. The van der Waals surface area contributed by atoms with E-state index in [4.69, 9.17) is 60.8 Å². The van der Waals surface area contributed by atoms with Gasteiger partial charge in [-0.15, -0.1) is 0 Å². The molecule has 2 unspecified atom stereocenters. The second kappa shape index (κ2) is 47.2. The number of benzene rings is 3. The maximum absolute atomic E-state index is 14.5. The number of aromatic nitrogens is 10. The number of rotatable bonds is 32. The number of anilines is 7. The Balaban J connectivity index is 0.000000162. The normalized spacial score (nSPS) is 16.3. The molecule has 0 radical (unpaired) electrons. The summed E-state index contributed by atoms with van der Waals surface area (Å²) in [5, 5.41) is 4.66. The average molecular weight is 2070 g/mol. The lowest BCUT2D eigenvalue weighted by atomic mass is 10.1. The third-order valence-electron chi connectivity index (χ3n) is 23.5. The number of aromatic amines is 1. The third-order valence-corrected chi connectivity index (χ3v) is 28.5. The van der Waals surface area contributed by atoms with Crippen LogP contribution in [0.15, 0.2) is 208 Å². The molecule has 4 fully saturated rings. The molecule has 13 heterocycles. The fraction of sp³-hybridized carbons (Fsp3) is 0.350. The second-order valence-electron chi connectivity index (χ2n) is 36.3. The molecule has 145 heavy (non-hydrogen) atoms. The number of halogens is 3. The molecule has 12 aromatic rings. The van der Waals surface area contributed by atoms with Crippen LogP contribution in [0.2, 0.25) is 0 Å². The van der Waals surface area contributed by atoms with Gasteiger partial charge in [-0.25, -0.2) is 71.9 Å². The maximum Gasteiger partial charge on any atom is 0.281 e. The smallest absolute Gasteiger partial charge is 0.281 e. The van der Waals surface area contributed by atoms with Crippen molar-refractivity contribution in [2.45, 2.75) is 171 Å². The van der Waals surface area contributed by atoms with Crippen molar-refractivity contribution < 1.29 is 89.7 Å². The molecule has 0 bridgehead atoms. The van der Waals surface area contributed by atoms with E-state index in [0.29, 0.717) is 132 Å². The number of sulfonamides is 4. The number of H-pyrrole nitrogens is 1. The molecule has 38 nitrogen and oxygen atoms in total. The van der Waals surface area contributed by atoms with Gasteiger partial charge in [-0.1, -0.05) is 65.8 Å². The Hall–Kier alpha value is -14.7. The summed E-state index contributed by atoms with van der Waals surface area (Å²) in [7, 11) is -13.8. The summed E-state index contributed by atoms with van der Waals surface area (Å²) in [6, 6.07) is 44.8. The first kappa shape index (κ1) is 108. The van der Waals surface area contributed by atoms with Gasteiger partial charge in [-0.2, -0.15) is 38.8 Å². The van der Waals surface area contributed by atoms with E-state index in [2.05, 4.69) is 62.9 Å². The van der Waals surface area contributed by atoms with Crippen LogP contribution in [0, 0.1) is 35.2 Å². The molecule has 0 spiro atoms. The van der Waals surface area contributed by atoms with E-state index in [9.17, 15) is 66.0 Å². The number of amides is 4. The van der Waals surface area contributed by atoms with Crippen LogP contribution >= 0.6 is 0 Å². The summed E-state index contributed by atoms with van der Waals surface area (Å²) in [5.74, 6) is -1.02. The number of methoxy groups -OCH3 is 2. The Morgan fingerprint density at radius 3 is 1.09 bits per heavy atom. The predicted molar refractivity (Wildman–Crippen MR) is 542 cm³/mol. The Morgan fingerprint density at radius 1 is 0.393 bits per heavy atom. The van der Waals surface area contributed by atoms with Crippen LogP contribution in [-0.2, 0) is 44.8 Å². The lowest BCUT2D eigenvalue weighted by Gasteiger charge is -2.29. The topological polar surface area (TPSA) is 522 Å². The van der Waals surface area contributed by atoms with E-state index in [1.807, 2.05) is 75.0 Å². The van der Waals surface area contributed by atoms with Gasteiger partial charge in [0.1, 0.15) is 75.4 Å². The highest BCUT2D eigenvalue weighted by Crippen LogP contribution is 2.39. The van der Waals surface area contributed by atoms with Gasteiger partial charge in [0, 0.05) is 91.9 Å². The van der Waals surface area contributed by atoms with Crippen LogP contribution in [-0.4, -0.2) is 198 Å². The highest BCUT2D eigenvalue weighted by molar-refractivity contribution is 7.90. The van der Waals surface area contributed by atoms with Crippen LogP contribution in [0.25, 0.3) is 45.2 Å². The van der Waals surface area contributed by atoms with Crippen molar-refractivity contribution in [1.82, 2.24) is 69.0 Å². The second-order valence-corrected chi connectivity index (χ2v) is 42.9. The number of carbonyl (C=O) groups is 4. The first-order valence-corrected chi connectivity index (χ1v) is 52.8. The van der Waals surface area contributed by atoms with Crippen LogP contribution in [0.3, 0.4) is 0 Å². The summed E-state index contributed by atoms with van der Waals surface area (Å²) < 4.78 is 181. The number of nitrogens with one attached hydrogen (secondary N) is 5. The fourth-order valence-corrected chi connectivity index (χ4v) is 20.2. The van der Waals surface area contributed by atoms with E-state index < -0.39 is 81.2 Å². The van der Waals surface area contributed by atoms with E-state index in [-0.39, 0.29) is 114 Å². The zero-order valence-electron chi connectivity index (χ0n) is 81.9. The van der Waals surface area contributed by atoms with Crippen LogP contribution < -0.4 is 74.6 Å². The molecule has 5 atom stereocenters. The number of nitrogen functional groups attached to an aromatic ring is 3. The Bertz CT molecular complexity index is 7180. The monoisotopic (exact) mass is 2070 g/mol. The van der Waals surface area contributed by atoms with Crippen molar-refractivity contribution in [1.29, 1.82) is 0 Å². The van der Waals surface area contributed by atoms with Gasteiger partial charge in [0.15, 0.2) is 20.1 Å². The van der Waals surface area contributed by atoms with E-state index in [1.54, 1.807) is 73.8 Å². The SMILES string of the molecule is CC(C)COc1cc(F)cc(-c2ccc(C(=O)NS(=O)(=O)c3cccc(N)n3)c(N3CCCC3C)n2)c1.CC(C)COc1cc(F)cc(-c2ccc(C(=O)NS(=O)(=O)c3ccn[nH]3)c(N3CCCC3C)n2)c1.COC[C@H]1CCCN1c1nc(-c2cc(F)cc(OCC(C)C)c2)ccc1C(=O)NS(=O)(=O)c1cccc(N)n1.COc1cccc(-c2ccc(C(=O)NS(=O)(=O)c3cccc(N)n3)c(N3[C@H](C)CC[C@@H]3C)n2)n1. The average Bonchev–Trinajstić information content (AvgIpc) is 1.73. The van der Waals surface area contributed by atoms with Crippen molar-refractivity contribution in [3.05, 3.63) is 228 Å².